The number of phenols is 1. The number of phenolic OH excluding ortho intramolecular Hbond substituents is 1. The molecule has 5 aliphatic rings. The molecule has 76 heavy (non-hydrogen) atoms. The van der Waals surface area contributed by atoms with E-state index in [0.717, 1.165) is 97.8 Å². The number of nitrogens with two attached hydrogens (primary N) is 1. The summed E-state index contributed by atoms with van der Waals surface area (Å²) in [5, 5.41) is 36.8. The lowest BCUT2D eigenvalue weighted by Crippen LogP contribution is -2.54. The number of para-hydroxylation sites is 1. The maximum absolute atomic E-state index is 14.2. The van der Waals surface area contributed by atoms with Crippen LogP contribution in [0.15, 0.2) is 89.0 Å². The van der Waals surface area contributed by atoms with Crippen LogP contribution in [0.3, 0.4) is 0 Å². The second-order valence-electron chi connectivity index (χ2n) is 21.3. The van der Waals surface area contributed by atoms with Gasteiger partial charge < -0.3 is 54.7 Å². The molecule has 2 bridgehead atoms. The third-order valence-electron chi connectivity index (χ3n) is 15.8. The summed E-state index contributed by atoms with van der Waals surface area (Å²) < 4.78 is 24.7. The Kier molecular flexibility index (Phi) is 15.1. The number of carbonyl (C=O) groups excluding carboxylic acids is 2. The Labute approximate surface area is 446 Å². The fourth-order valence-corrected chi connectivity index (χ4v) is 12.5. The van der Waals surface area contributed by atoms with Crippen molar-refractivity contribution in [2.75, 3.05) is 61.4 Å². The van der Waals surface area contributed by atoms with Crippen molar-refractivity contribution in [2.45, 2.75) is 121 Å². The second-order valence-corrected chi connectivity index (χ2v) is 22.1. The van der Waals surface area contributed by atoms with E-state index in [1.54, 1.807) is 29.5 Å². The van der Waals surface area contributed by atoms with Gasteiger partial charge in [-0.25, -0.2) is 9.97 Å². The number of aliphatic hydroxyl groups is 1. The first-order valence-electron chi connectivity index (χ1n) is 26.7. The maximum atomic E-state index is 14.2. The molecule has 3 unspecified atom stereocenters. The van der Waals surface area contributed by atoms with Gasteiger partial charge in [-0.05, 0) is 79.1 Å². The summed E-state index contributed by atoms with van der Waals surface area (Å²) in [6, 6.07) is 22.6. The Bertz CT molecular complexity index is 2960. The minimum Gasteiger partial charge on any atom is -0.507 e. The quantitative estimate of drug-likeness (QED) is 0.0711. The number of anilines is 3. The standard InChI is InChI=1S/C56H67N11O8S/c1-33(2)52(56(71)66-31-40(68)23-47(66)55(70)59-28-35-8-10-36(11-9-35)53-34(3)60-32-76-53)49-27-51(63-75-49)72-21-20-64-18-15-41(16-19-64)73-42-24-43(25-42)74-50-22-37(14-17-58-50)67-38-12-13-39(67)30-65(29-38)46-26-45(61-62-54(46)57)44-6-4-5-7-48(44)69/h4-11,14,17,22,26-27,32-33,38-43,47,52,68-69H,12-13,15-16,18-21,23-25,28-31H2,1-3H3,(H2,57,62)(H,59,70)/t38?,39?,40-,42?,43?,47+,52?/m1/s1. The SMILES string of the molecule is Cc1ncsc1-c1ccc(CNC(=O)[C@@H]2C[C@@H](O)CN2C(=O)C(c2cc(OCCN3CCC(OC4CC(Oc5cc(N6C7CCC6CN(c6cc(-c8ccccc8O)nnc6N)C7)ccn5)C4)CC3)no2)C(C)C)cc1. The molecule has 1 aliphatic carbocycles. The topological polar surface area (TPSA) is 231 Å². The Morgan fingerprint density at radius 1 is 0.895 bits per heavy atom. The van der Waals surface area contributed by atoms with Gasteiger partial charge in [0.1, 0.15) is 30.4 Å². The molecule has 5 N–H and O–H groups in total. The van der Waals surface area contributed by atoms with Gasteiger partial charge in [-0.3, -0.25) is 14.5 Å². The molecule has 0 spiro atoms. The van der Waals surface area contributed by atoms with Crippen molar-refractivity contribution in [2.24, 2.45) is 5.92 Å². The van der Waals surface area contributed by atoms with Gasteiger partial charge in [-0.15, -0.1) is 21.5 Å². The van der Waals surface area contributed by atoms with Crippen LogP contribution in [-0.2, 0) is 20.9 Å². The summed E-state index contributed by atoms with van der Waals surface area (Å²) in [7, 11) is 0. The van der Waals surface area contributed by atoms with Crippen LogP contribution in [0.1, 0.15) is 81.7 Å². The molecule has 5 fully saturated rings. The number of piperidine rings is 1. The van der Waals surface area contributed by atoms with Crippen LogP contribution >= 0.6 is 11.3 Å². The van der Waals surface area contributed by atoms with E-state index in [9.17, 15) is 19.8 Å². The number of amides is 2. The molecule has 2 amide bonds. The van der Waals surface area contributed by atoms with Crippen molar-refractivity contribution in [1.82, 2.24) is 40.4 Å². The number of hydrogen-bond acceptors (Lipinski definition) is 18. The summed E-state index contributed by atoms with van der Waals surface area (Å²) in [4.78, 5) is 46.4. The molecular weight excluding hydrogens is 987 g/mol. The average Bonchev–Trinajstić information content (AvgIpc) is 4.21. The van der Waals surface area contributed by atoms with Crippen LogP contribution in [0, 0.1) is 12.8 Å². The zero-order valence-corrected chi connectivity index (χ0v) is 44.1. The van der Waals surface area contributed by atoms with E-state index < -0.39 is 18.1 Å². The number of benzene rings is 2. The van der Waals surface area contributed by atoms with Crippen LogP contribution in [0.25, 0.3) is 21.7 Å². The van der Waals surface area contributed by atoms with Crippen molar-refractivity contribution in [3.05, 3.63) is 102 Å². The number of nitrogens with one attached hydrogen (secondary N) is 1. The number of fused-ring (bicyclic) bond motifs is 2. The van der Waals surface area contributed by atoms with Gasteiger partial charge in [0.2, 0.25) is 17.7 Å². The number of aromatic hydroxyl groups is 1. The summed E-state index contributed by atoms with van der Waals surface area (Å²) >= 11 is 1.59. The number of ether oxygens (including phenoxy) is 3. The number of aromatic nitrogens is 5. The van der Waals surface area contributed by atoms with E-state index >= 15 is 0 Å². The summed E-state index contributed by atoms with van der Waals surface area (Å²) in [5.74, 6) is 0.359. The van der Waals surface area contributed by atoms with E-state index in [1.807, 2.05) is 74.9 Å². The number of aliphatic hydroxyl groups excluding tert-OH is 1. The first-order valence-corrected chi connectivity index (χ1v) is 27.6. The molecule has 5 atom stereocenters. The molecule has 8 heterocycles. The van der Waals surface area contributed by atoms with E-state index in [2.05, 4.69) is 57.5 Å². The Morgan fingerprint density at radius 3 is 2.41 bits per heavy atom. The number of rotatable bonds is 18. The monoisotopic (exact) mass is 1050 g/mol. The van der Waals surface area contributed by atoms with Crippen molar-refractivity contribution in [3.8, 4) is 39.2 Å². The molecule has 19 nitrogen and oxygen atoms in total. The summed E-state index contributed by atoms with van der Waals surface area (Å²) in [6.45, 7) is 10.7. The van der Waals surface area contributed by atoms with Gasteiger partial charge in [0.15, 0.2) is 11.6 Å². The molecule has 400 valence electrons. The highest BCUT2D eigenvalue weighted by Crippen LogP contribution is 2.41. The molecule has 20 heteroatoms. The number of piperazine rings is 1. The molecule has 0 radical (unpaired) electrons. The molecule has 4 aliphatic heterocycles. The van der Waals surface area contributed by atoms with E-state index in [0.29, 0.717) is 54.3 Å². The van der Waals surface area contributed by atoms with Crippen molar-refractivity contribution >= 4 is 40.3 Å². The zero-order valence-electron chi connectivity index (χ0n) is 43.2. The number of carbonyl (C=O) groups is 2. The molecule has 4 aromatic heterocycles. The fraction of sp³-hybridized carbons (Fsp3) is 0.482. The first kappa shape index (κ1) is 51.2. The average molecular weight is 1050 g/mol. The van der Waals surface area contributed by atoms with Crippen LogP contribution in [-0.4, -0.2) is 146 Å². The highest BCUT2D eigenvalue weighted by atomic mass is 32.1. The first-order chi connectivity index (χ1) is 36.9. The minimum absolute atomic E-state index is 0.0568. The number of hydrogen-bond donors (Lipinski definition) is 4. The summed E-state index contributed by atoms with van der Waals surface area (Å²) in [6.07, 6.45) is 7.25. The maximum Gasteiger partial charge on any atom is 0.254 e. The van der Waals surface area contributed by atoms with Crippen LogP contribution in [0.4, 0.5) is 17.2 Å². The number of pyridine rings is 1. The normalized spacial score (nSPS) is 23.2. The fourth-order valence-electron chi connectivity index (χ4n) is 11.7. The minimum atomic E-state index is -0.817. The number of aryl methyl sites for hydroxylation is 1. The van der Waals surface area contributed by atoms with Gasteiger partial charge in [0.05, 0.1) is 45.8 Å². The second kappa shape index (κ2) is 22.4. The molecular formula is C56H67N11O8S. The van der Waals surface area contributed by atoms with E-state index in [4.69, 9.17) is 24.5 Å². The van der Waals surface area contributed by atoms with Crippen molar-refractivity contribution < 1.29 is 38.5 Å². The molecule has 2 aromatic carbocycles. The lowest BCUT2D eigenvalue weighted by atomic mass is 9.91. The van der Waals surface area contributed by atoms with Crippen molar-refractivity contribution in [1.29, 1.82) is 0 Å². The van der Waals surface area contributed by atoms with Gasteiger partial charge in [-0.1, -0.05) is 50.2 Å². The number of thiazole rings is 1. The number of nitrogens with zero attached hydrogens (tertiary/aromatic N) is 9. The highest BCUT2D eigenvalue weighted by Gasteiger charge is 2.44. The Balaban J connectivity index is 0.597. The summed E-state index contributed by atoms with van der Waals surface area (Å²) in [5.41, 5.74) is 14.4. The lowest BCUT2D eigenvalue weighted by Gasteiger charge is -2.43. The number of β-amino-alcohol motifs (C(OH)–C–C–N with tert-alkyl or cyclic N) is 1. The van der Waals surface area contributed by atoms with E-state index in [-0.39, 0.29) is 66.8 Å². The molecule has 4 saturated heterocycles. The molecule has 6 aromatic rings. The number of nitrogen functional groups attached to an aromatic ring is 1. The van der Waals surface area contributed by atoms with Gasteiger partial charge in [0, 0.05) is 107 Å². The lowest BCUT2D eigenvalue weighted by molar-refractivity contribution is -0.141. The molecule has 11 rings (SSSR count). The largest absolute Gasteiger partial charge is 0.507 e. The predicted octanol–water partition coefficient (Wildman–Crippen LogP) is 6.59. The zero-order chi connectivity index (χ0) is 52.5. The van der Waals surface area contributed by atoms with Crippen LogP contribution in [0.2, 0.25) is 0 Å². The number of likely N-dealkylation sites (tertiary alicyclic amines) is 2. The van der Waals surface area contributed by atoms with Crippen LogP contribution in [0.5, 0.6) is 17.5 Å². The Morgan fingerprint density at radius 2 is 1.67 bits per heavy atom. The molecule has 1 saturated carbocycles. The smallest absolute Gasteiger partial charge is 0.254 e. The van der Waals surface area contributed by atoms with Crippen LogP contribution < -0.4 is 30.3 Å². The third kappa shape index (κ3) is 11.2. The van der Waals surface area contributed by atoms with Gasteiger partial charge in [0.25, 0.3) is 5.88 Å². The van der Waals surface area contributed by atoms with Gasteiger partial charge in [-0.2, -0.15) is 0 Å². The Hall–Kier alpha value is -6.87. The van der Waals surface area contributed by atoms with Gasteiger partial charge >= 0.3 is 0 Å². The highest BCUT2D eigenvalue weighted by molar-refractivity contribution is 7.13. The predicted molar refractivity (Wildman–Crippen MR) is 287 cm³/mol. The van der Waals surface area contributed by atoms with E-state index in [1.165, 1.54) is 4.90 Å². The van der Waals surface area contributed by atoms with Crippen molar-refractivity contribution in [3.63, 3.8) is 0 Å². The third-order valence-corrected chi connectivity index (χ3v) is 16.8.